The smallest absolute Gasteiger partial charge is 0.409 e. The molecule has 0 unspecified atom stereocenters. The summed E-state index contributed by atoms with van der Waals surface area (Å²) in [6.07, 6.45) is 2.58. The van der Waals surface area contributed by atoms with Crippen LogP contribution in [0, 0.1) is 0 Å². The Bertz CT molecular complexity index is 969. The number of carbonyl (C=O) groups is 1. The number of hydrogen-bond acceptors (Lipinski definition) is 5. The largest absolute Gasteiger partial charge is 0.410 e. The second-order valence-corrected chi connectivity index (χ2v) is 6.99. The zero-order valence-corrected chi connectivity index (χ0v) is 14.7. The number of nitrogens with zero attached hydrogens (tertiary/aromatic N) is 3. The van der Waals surface area contributed by atoms with Crippen LogP contribution in [0.2, 0.25) is 0 Å². The van der Waals surface area contributed by atoms with Crippen LogP contribution in [-0.4, -0.2) is 20.6 Å². The van der Waals surface area contributed by atoms with Gasteiger partial charge in [-0.05, 0) is 23.1 Å². The molecule has 1 amide bonds. The van der Waals surface area contributed by atoms with E-state index in [0.717, 1.165) is 27.7 Å². The maximum absolute atomic E-state index is 11.2. The van der Waals surface area contributed by atoms with Gasteiger partial charge < -0.3 is 20.8 Å². The van der Waals surface area contributed by atoms with E-state index >= 15 is 0 Å². The fourth-order valence-electron chi connectivity index (χ4n) is 2.93. The number of aromatic nitrogens is 3. The van der Waals surface area contributed by atoms with Gasteiger partial charge in [-0.15, -0.1) is 0 Å². The van der Waals surface area contributed by atoms with E-state index in [2.05, 4.69) is 9.97 Å². The van der Waals surface area contributed by atoms with Crippen LogP contribution >= 0.6 is 0 Å². The Morgan fingerprint density at radius 3 is 2.60 bits per heavy atom. The second-order valence-electron chi connectivity index (χ2n) is 6.99. The molecule has 3 rings (SSSR count). The van der Waals surface area contributed by atoms with Crippen molar-refractivity contribution in [3.63, 3.8) is 0 Å². The number of nitrogens with two attached hydrogens (primary N) is 2. The van der Waals surface area contributed by atoms with Gasteiger partial charge in [0.25, 0.3) is 0 Å². The summed E-state index contributed by atoms with van der Waals surface area (Å²) in [4.78, 5) is 19.6. The first kappa shape index (κ1) is 16.8. The summed E-state index contributed by atoms with van der Waals surface area (Å²) in [5.41, 5.74) is 14.5. The van der Waals surface area contributed by atoms with Crippen molar-refractivity contribution in [3.8, 4) is 16.9 Å². The van der Waals surface area contributed by atoms with Crippen LogP contribution in [0.25, 0.3) is 22.2 Å². The van der Waals surface area contributed by atoms with E-state index in [0.29, 0.717) is 11.6 Å². The van der Waals surface area contributed by atoms with Crippen molar-refractivity contribution in [2.24, 2.45) is 12.8 Å². The second kappa shape index (κ2) is 5.77. The standard InChI is InChI=1S/C18H21N5O2/c1-18(2,3)12-7-10(5-6-13(12)25-17(20)24)11-8-23(4)16-14(11)15(19)21-9-22-16/h5-9H,1-4H3,(H2,20,24)(H2,19,21,22). The predicted molar refractivity (Wildman–Crippen MR) is 97.3 cm³/mol. The number of aryl methyl sites for hydroxylation is 1. The van der Waals surface area contributed by atoms with Gasteiger partial charge in [-0.2, -0.15) is 0 Å². The maximum Gasteiger partial charge on any atom is 0.409 e. The molecule has 1 aromatic carbocycles. The van der Waals surface area contributed by atoms with Crippen molar-refractivity contribution in [3.05, 3.63) is 36.3 Å². The molecule has 0 radical (unpaired) electrons. The lowest BCUT2D eigenvalue weighted by molar-refractivity contribution is 0.210. The number of rotatable bonds is 2. The zero-order chi connectivity index (χ0) is 18.4. The lowest BCUT2D eigenvalue weighted by atomic mass is 9.84. The molecule has 0 bridgehead atoms. The van der Waals surface area contributed by atoms with Crippen LogP contribution < -0.4 is 16.2 Å². The van der Waals surface area contributed by atoms with Crippen molar-refractivity contribution < 1.29 is 9.53 Å². The minimum Gasteiger partial charge on any atom is -0.410 e. The molecule has 0 saturated carbocycles. The number of hydrogen-bond donors (Lipinski definition) is 2. The first-order valence-electron chi connectivity index (χ1n) is 7.86. The summed E-state index contributed by atoms with van der Waals surface area (Å²) in [5, 5.41) is 0.799. The zero-order valence-electron chi connectivity index (χ0n) is 14.7. The SMILES string of the molecule is Cn1cc(-c2ccc(OC(N)=O)c(C(C)(C)C)c2)c2c(N)ncnc21. The van der Waals surface area contributed by atoms with Gasteiger partial charge in [-0.1, -0.05) is 26.8 Å². The molecule has 0 aliphatic carbocycles. The van der Waals surface area contributed by atoms with E-state index in [1.807, 2.05) is 50.7 Å². The first-order valence-corrected chi connectivity index (χ1v) is 7.86. The highest BCUT2D eigenvalue weighted by molar-refractivity contribution is 6.00. The topological polar surface area (TPSA) is 109 Å². The number of amides is 1. The molecule has 0 saturated heterocycles. The number of fused-ring (bicyclic) bond motifs is 1. The number of anilines is 1. The molecule has 4 N–H and O–H groups in total. The molecule has 0 atom stereocenters. The predicted octanol–water partition coefficient (Wildman–Crippen LogP) is 2.97. The van der Waals surface area contributed by atoms with E-state index in [1.54, 1.807) is 6.07 Å². The molecule has 3 aromatic rings. The summed E-state index contributed by atoms with van der Waals surface area (Å²) >= 11 is 0. The van der Waals surface area contributed by atoms with Gasteiger partial charge in [-0.25, -0.2) is 14.8 Å². The first-order chi connectivity index (χ1) is 11.7. The lowest BCUT2D eigenvalue weighted by Crippen LogP contribution is -2.20. The molecule has 0 spiro atoms. The molecule has 7 nitrogen and oxygen atoms in total. The molecule has 0 fully saturated rings. The van der Waals surface area contributed by atoms with E-state index in [1.165, 1.54) is 6.33 Å². The number of primary amides is 1. The van der Waals surface area contributed by atoms with Crippen molar-refractivity contribution >= 4 is 22.9 Å². The normalized spacial score (nSPS) is 11.7. The van der Waals surface area contributed by atoms with Gasteiger partial charge in [0.1, 0.15) is 23.5 Å². The molecule has 0 aliphatic rings. The van der Waals surface area contributed by atoms with Gasteiger partial charge in [-0.3, -0.25) is 0 Å². The minimum atomic E-state index is -0.832. The molecular weight excluding hydrogens is 318 g/mol. The molecule has 2 aromatic heterocycles. The highest BCUT2D eigenvalue weighted by Gasteiger charge is 2.22. The van der Waals surface area contributed by atoms with Gasteiger partial charge in [0.2, 0.25) is 0 Å². The maximum atomic E-state index is 11.2. The van der Waals surface area contributed by atoms with Crippen molar-refractivity contribution in [1.29, 1.82) is 0 Å². The Kier molecular flexibility index (Phi) is 3.87. The summed E-state index contributed by atoms with van der Waals surface area (Å²) < 4.78 is 7.07. The summed E-state index contributed by atoms with van der Waals surface area (Å²) in [7, 11) is 1.91. The molecule has 130 valence electrons. The van der Waals surface area contributed by atoms with Gasteiger partial charge in [0.05, 0.1) is 5.39 Å². The molecule has 25 heavy (non-hydrogen) atoms. The average molecular weight is 339 g/mol. The van der Waals surface area contributed by atoms with E-state index in [4.69, 9.17) is 16.2 Å². The highest BCUT2D eigenvalue weighted by atomic mass is 16.5. The minimum absolute atomic E-state index is 0.243. The van der Waals surface area contributed by atoms with E-state index < -0.39 is 6.09 Å². The summed E-state index contributed by atoms with van der Waals surface area (Å²) in [6, 6.07) is 5.60. The van der Waals surface area contributed by atoms with Crippen molar-refractivity contribution in [2.75, 3.05) is 5.73 Å². The average Bonchev–Trinajstić information content (AvgIpc) is 2.85. The third-order valence-corrected chi connectivity index (χ3v) is 4.09. The Morgan fingerprint density at radius 1 is 1.24 bits per heavy atom. The Balaban J connectivity index is 2.24. The Labute approximate surface area is 145 Å². The fourth-order valence-corrected chi connectivity index (χ4v) is 2.93. The lowest BCUT2D eigenvalue weighted by Gasteiger charge is -2.22. The highest BCUT2D eigenvalue weighted by Crippen LogP contribution is 2.38. The Morgan fingerprint density at radius 2 is 1.96 bits per heavy atom. The van der Waals surface area contributed by atoms with Crippen LogP contribution in [0.5, 0.6) is 5.75 Å². The number of nitrogen functional groups attached to an aromatic ring is 1. The molecule has 0 aliphatic heterocycles. The van der Waals surface area contributed by atoms with Crippen LogP contribution in [0.4, 0.5) is 10.6 Å². The third-order valence-electron chi connectivity index (χ3n) is 4.09. The van der Waals surface area contributed by atoms with E-state index in [9.17, 15) is 4.79 Å². The molecule has 7 heteroatoms. The monoisotopic (exact) mass is 339 g/mol. The van der Waals surface area contributed by atoms with Crippen LogP contribution in [0.3, 0.4) is 0 Å². The summed E-state index contributed by atoms with van der Waals surface area (Å²) in [5.74, 6) is 0.878. The number of benzene rings is 1. The van der Waals surface area contributed by atoms with Gasteiger partial charge in [0, 0.05) is 24.4 Å². The third kappa shape index (κ3) is 3.00. The van der Waals surface area contributed by atoms with Crippen LogP contribution in [0.1, 0.15) is 26.3 Å². The van der Waals surface area contributed by atoms with Crippen LogP contribution in [0.15, 0.2) is 30.7 Å². The summed E-state index contributed by atoms with van der Waals surface area (Å²) in [6.45, 7) is 6.13. The Hall–Kier alpha value is -3.09. The fraction of sp³-hybridized carbons (Fsp3) is 0.278. The van der Waals surface area contributed by atoms with Gasteiger partial charge >= 0.3 is 6.09 Å². The van der Waals surface area contributed by atoms with Gasteiger partial charge in [0.15, 0.2) is 0 Å². The number of carbonyl (C=O) groups excluding carboxylic acids is 1. The molecular formula is C18H21N5O2. The van der Waals surface area contributed by atoms with Crippen LogP contribution in [-0.2, 0) is 12.5 Å². The van der Waals surface area contributed by atoms with E-state index in [-0.39, 0.29) is 5.41 Å². The molecule has 2 heterocycles. The quantitative estimate of drug-likeness (QED) is 0.746. The number of ether oxygens (including phenoxy) is 1. The van der Waals surface area contributed by atoms with Crippen molar-refractivity contribution in [2.45, 2.75) is 26.2 Å². The van der Waals surface area contributed by atoms with Crippen molar-refractivity contribution in [1.82, 2.24) is 14.5 Å².